The third-order valence-corrected chi connectivity index (χ3v) is 4.02. The van der Waals surface area contributed by atoms with E-state index in [-0.39, 0.29) is 5.91 Å². The highest BCUT2D eigenvalue weighted by Gasteiger charge is 2.33. The van der Waals surface area contributed by atoms with E-state index in [1.807, 2.05) is 25.3 Å². The number of nitrogens with one attached hydrogen (secondary N) is 1. The molecule has 1 amide bonds. The van der Waals surface area contributed by atoms with Gasteiger partial charge in [0.05, 0.1) is 11.8 Å². The van der Waals surface area contributed by atoms with Crippen LogP contribution in [0.5, 0.6) is 0 Å². The fraction of sp³-hybridized carbons (Fsp3) is 0.667. The summed E-state index contributed by atoms with van der Waals surface area (Å²) in [6.07, 6.45) is 6.69. The van der Waals surface area contributed by atoms with Crippen LogP contribution in [-0.2, 0) is 9.59 Å². The quantitative estimate of drug-likeness (QED) is 0.733. The van der Waals surface area contributed by atoms with Gasteiger partial charge in [0.15, 0.2) is 0 Å². The first-order chi connectivity index (χ1) is 8.06. The second-order valence-corrected chi connectivity index (χ2v) is 5.56. The molecule has 0 aromatic rings. The van der Waals surface area contributed by atoms with E-state index in [2.05, 4.69) is 5.32 Å². The summed E-state index contributed by atoms with van der Waals surface area (Å²) in [5.74, 6) is -2.02. The molecule has 2 N–H and O–H groups in total. The van der Waals surface area contributed by atoms with Crippen LogP contribution in [0.25, 0.3) is 0 Å². The summed E-state index contributed by atoms with van der Waals surface area (Å²) in [5, 5.41) is 12.2. The maximum atomic E-state index is 11.9. The Morgan fingerprint density at radius 3 is 2.53 bits per heavy atom. The maximum Gasteiger partial charge on any atom is 0.307 e. The van der Waals surface area contributed by atoms with Crippen LogP contribution < -0.4 is 5.32 Å². The van der Waals surface area contributed by atoms with Gasteiger partial charge in [-0.25, -0.2) is 0 Å². The number of carbonyl (C=O) groups is 2. The Balaban J connectivity index is 2.54. The zero-order valence-electron chi connectivity index (χ0n) is 10.2. The Morgan fingerprint density at radius 2 is 2.00 bits per heavy atom. The molecule has 96 valence electrons. The van der Waals surface area contributed by atoms with E-state index in [0.29, 0.717) is 24.6 Å². The molecule has 17 heavy (non-hydrogen) atoms. The van der Waals surface area contributed by atoms with E-state index in [0.717, 1.165) is 0 Å². The van der Waals surface area contributed by atoms with Crippen molar-refractivity contribution in [1.29, 1.82) is 0 Å². The zero-order valence-corrected chi connectivity index (χ0v) is 11.0. The van der Waals surface area contributed by atoms with Crippen LogP contribution in [0.2, 0.25) is 0 Å². The lowest BCUT2D eigenvalue weighted by molar-refractivity contribution is -0.147. The van der Waals surface area contributed by atoms with Crippen LogP contribution in [-0.4, -0.2) is 35.0 Å². The molecule has 0 aliphatic heterocycles. The summed E-state index contributed by atoms with van der Waals surface area (Å²) in [6.45, 7) is 2.62. The SMILES string of the molecule is CSC(C)CNC(=O)[C@@H]1CC=CC[C@@H]1C(=O)O. The lowest BCUT2D eigenvalue weighted by Gasteiger charge is -2.24. The first-order valence-electron chi connectivity index (χ1n) is 5.74. The van der Waals surface area contributed by atoms with E-state index < -0.39 is 17.8 Å². The summed E-state index contributed by atoms with van der Waals surface area (Å²) in [5.41, 5.74) is 0. The number of rotatable bonds is 5. The molecule has 0 saturated carbocycles. The van der Waals surface area contributed by atoms with Gasteiger partial charge in [-0.1, -0.05) is 19.1 Å². The summed E-state index contributed by atoms with van der Waals surface area (Å²) >= 11 is 1.68. The fourth-order valence-electron chi connectivity index (χ4n) is 1.84. The summed E-state index contributed by atoms with van der Waals surface area (Å²) in [6, 6.07) is 0. The predicted molar refractivity (Wildman–Crippen MR) is 69.0 cm³/mol. The molecule has 0 bridgehead atoms. The molecule has 0 heterocycles. The van der Waals surface area contributed by atoms with E-state index in [4.69, 9.17) is 5.11 Å². The molecule has 3 atom stereocenters. The van der Waals surface area contributed by atoms with E-state index >= 15 is 0 Å². The monoisotopic (exact) mass is 257 g/mol. The van der Waals surface area contributed by atoms with Crippen molar-refractivity contribution in [3.05, 3.63) is 12.2 Å². The first-order valence-corrected chi connectivity index (χ1v) is 7.03. The minimum absolute atomic E-state index is 0.136. The largest absolute Gasteiger partial charge is 0.481 e. The van der Waals surface area contributed by atoms with Crippen molar-refractivity contribution in [3.8, 4) is 0 Å². The Bertz CT molecular complexity index is 317. The van der Waals surface area contributed by atoms with Crippen LogP contribution in [0, 0.1) is 11.8 Å². The molecule has 0 aromatic heterocycles. The number of carboxylic acids is 1. The topological polar surface area (TPSA) is 66.4 Å². The molecular weight excluding hydrogens is 238 g/mol. The van der Waals surface area contributed by atoms with Gasteiger partial charge in [0, 0.05) is 11.8 Å². The highest BCUT2D eigenvalue weighted by atomic mass is 32.2. The molecule has 0 spiro atoms. The van der Waals surface area contributed by atoms with E-state index in [1.165, 1.54) is 0 Å². The minimum atomic E-state index is -0.882. The molecule has 0 radical (unpaired) electrons. The van der Waals surface area contributed by atoms with Crippen molar-refractivity contribution in [2.75, 3.05) is 12.8 Å². The Morgan fingerprint density at radius 1 is 1.41 bits per heavy atom. The van der Waals surface area contributed by atoms with Crippen LogP contribution in [0.15, 0.2) is 12.2 Å². The molecule has 0 fully saturated rings. The average Bonchev–Trinajstić information content (AvgIpc) is 2.35. The molecule has 4 nitrogen and oxygen atoms in total. The molecule has 5 heteroatoms. The van der Waals surface area contributed by atoms with Crippen molar-refractivity contribution in [3.63, 3.8) is 0 Å². The molecule has 1 aliphatic carbocycles. The highest BCUT2D eigenvalue weighted by Crippen LogP contribution is 2.26. The lowest BCUT2D eigenvalue weighted by atomic mass is 9.82. The molecule has 0 aromatic carbocycles. The fourth-order valence-corrected chi connectivity index (χ4v) is 2.09. The number of thioether (sulfide) groups is 1. The smallest absolute Gasteiger partial charge is 0.307 e. The van der Waals surface area contributed by atoms with Gasteiger partial charge in [-0.15, -0.1) is 0 Å². The van der Waals surface area contributed by atoms with Crippen molar-refractivity contribution >= 4 is 23.6 Å². The second kappa shape index (κ2) is 6.69. The highest BCUT2D eigenvalue weighted by molar-refractivity contribution is 7.99. The number of hydrogen-bond acceptors (Lipinski definition) is 3. The number of amides is 1. The second-order valence-electron chi connectivity index (χ2n) is 4.29. The Hall–Kier alpha value is -0.970. The van der Waals surface area contributed by atoms with E-state index in [1.54, 1.807) is 11.8 Å². The molecular formula is C12H19NO3S. The van der Waals surface area contributed by atoms with Crippen LogP contribution in [0.4, 0.5) is 0 Å². The van der Waals surface area contributed by atoms with E-state index in [9.17, 15) is 9.59 Å². The summed E-state index contributed by atoms with van der Waals surface area (Å²) < 4.78 is 0. The van der Waals surface area contributed by atoms with Gasteiger partial charge in [-0.05, 0) is 19.1 Å². The number of carbonyl (C=O) groups excluding carboxylic acids is 1. The third-order valence-electron chi connectivity index (χ3n) is 3.05. The first kappa shape index (κ1) is 14.1. The zero-order chi connectivity index (χ0) is 12.8. The molecule has 1 rings (SSSR count). The number of hydrogen-bond donors (Lipinski definition) is 2. The number of carboxylic acid groups (broad SMARTS) is 1. The van der Waals surface area contributed by atoms with Crippen LogP contribution in [0.3, 0.4) is 0 Å². The third kappa shape index (κ3) is 4.07. The average molecular weight is 257 g/mol. The Kier molecular flexibility index (Phi) is 5.55. The van der Waals surface area contributed by atoms with Crippen LogP contribution >= 0.6 is 11.8 Å². The van der Waals surface area contributed by atoms with Crippen LogP contribution in [0.1, 0.15) is 19.8 Å². The van der Waals surface area contributed by atoms with Gasteiger partial charge in [0.2, 0.25) is 5.91 Å². The normalized spacial score (nSPS) is 25.3. The van der Waals surface area contributed by atoms with Crippen molar-refractivity contribution in [1.82, 2.24) is 5.32 Å². The van der Waals surface area contributed by atoms with Crippen molar-refractivity contribution in [2.45, 2.75) is 25.0 Å². The number of allylic oxidation sites excluding steroid dienone is 2. The minimum Gasteiger partial charge on any atom is -0.481 e. The van der Waals surface area contributed by atoms with Gasteiger partial charge in [-0.2, -0.15) is 11.8 Å². The summed E-state index contributed by atoms with van der Waals surface area (Å²) in [4.78, 5) is 23.0. The Labute approximate surface area is 106 Å². The van der Waals surface area contributed by atoms with Gasteiger partial charge in [0.1, 0.15) is 0 Å². The van der Waals surface area contributed by atoms with Gasteiger partial charge < -0.3 is 10.4 Å². The molecule has 0 saturated heterocycles. The summed E-state index contributed by atoms with van der Waals surface area (Å²) in [7, 11) is 0. The van der Waals surface area contributed by atoms with Crippen molar-refractivity contribution in [2.24, 2.45) is 11.8 Å². The predicted octanol–water partition coefficient (Wildman–Crippen LogP) is 1.52. The standard InChI is InChI=1S/C12H19NO3S/c1-8(17-2)7-13-11(14)9-5-3-4-6-10(9)12(15)16/h3-4,8-10H,5-7H2,1-2H3,(H,13,14)(H,15,16)/t8?,9-,10+/m1/s1. The lowest BCUT2D eigenvalue weighted by Crippen LogP contribution is -2.40. The maximum absolute atomic E-state index is 11.9. The van der Waals surface area contributed by atoms with Gasteiger partial charge >= 0.3 is 5.97 Å². The molecule has 1 aliphatic rings. The van der Waals surface area contributed by atoms with Gasteiger partial charge in [0.25, 0.3) is 0 Å². The number of aliphatic carboxylic acids is 1. The van der Waals surface area contributed by atoms with Gasteiger partial charge in [-0.3, -0.25) is 9.59 Å². The van der Waals surface area contributed by atoms with Crippen molar-refractivity contribution < 1.29 is 14.7 Å². The molecule has 1 unspecified atom stereocenters.